The molecule has 0 aliphatic carbocycles. The van der Waals surface area contributed by atoms with E-state index in [2.05, 4.69) is 126 Å². The van der Waals surface area contributed by atoms with E-state index in [0.717, 1.165) is 67.8 Å². The van der Waals surface area contributed by atoms with Crippen molar-refractivity contribution in [2.45, 2.75) is 156 Å². The number of benzene rings is 2. The maximum atomic E-state index is 5.18. The van der Waals surface area contributed by atoms with Gasteiger partial charge in [-0.05, 0) is 56.4 Å². The van der Waals surface area contributed by atoms with Crippen molar-refractivity contribution in [3.05, 3.63) is 97.7 Å². The third-order valence-corrected chi connectivity index (χ3v) is 9.68. The lowest BCUT2D eigenvalue weighted by Gasteiger charge is -2.44. The Bertz CT molecular complexity index is 1380. The molecule has 0 saturated carbocycles. The lowest BCUT2D eigenvalue weighted by atomic mass is 9.46. The largest absolute Gasteiger partial charge is 0.383 e. The van der Waals surface area contributed by atoms with E-state index in [-0.39, 0.29) is 5.54 Å². The summed E-state index contributed by atoms with van der Waals surface area (Å²) in [5.41, 5.74) is 6.01. The molecule has 1 aromatic heterocycles. The number of rotatable bonds is 23. The first kappa shape index (κ1) is 46.5. The third kappa shape index (κ3) is 16.4. The van der Waals surface area contributed by atoms with Gasteiger partial charge >= 0.3 is 0 Å². The van der Waals surface area contributed by atoms with E-state index < -0.39 is 0 Å². The van der Waals surface area contributed by atoms with Crippen LogP contribution in [0.5, 0.6) is 0 Å². The van der Waals surface area contributed by atoms with Crippen LogP contribution in [0.1, 0.15) is 134 Å². The molecule has 2 heterocycles. The number of fused-ring (bicyclic) bond motifs is 1. The second-order valence-electron chi connectivity index (χ2n) is 13.9. The molecule has 0 amide bonds. The Kier molecular flexibility index (Phi) is 25.1. The Morgan fingerprint density at radius 3 is 1.94 bits per heavy atom. The minimum atomic E-state index is -0.000268. The highest BCUT2D eigenvalue weighted by Crippen LogP contribution is 2.32. The summed E-state index contributed by atoms with van der Waals surface area (Å²) >= 11 is 0. The molecule has 4 rings (SSSR count). The number of unbranched alkanes of at least 4 members (excludes halogenated alkanes) is 11. The number of aryl methyl sites for hydroxylation is 2. The minimum Gasteiger partial charge on any atom is -0.383 e. The van der Waals surface area contributed by atoms with Crippen molar-refractivity contribution >= 4 is 29.9 Å². The van der Waals surface area contributed by atoms with E-state index in [9.17, 15) is 0 Å². The number of hydrogen-bond acceptors (Lipinski definition) is 5. The van der Waals surface area contributed by atoms with E-state index >= 15 is 0 Å². The molecule has 3 aromatic rings. The first-order valence-corrected chi connectivity index (χ1v) is 20.5. The second-order valence-corrected chi connectivity index (χ2v) is 13.9. The number of allylic oxidation sites excluding steroid dienone is 1. The molecule has 0 spiro atoms. The average Bonchev–Trinajstić information content (AvgIpc) is 3.16. The van der Waals surface area contributed by atoms with E-state index in [1.807, 2.05) is 13.8 Å². The number of anilines is 2. The zero-order valence-corrected chi connectivity index (χ0v) is 34.4. The second kappa shape index (κ2) is 28.0. The van der Waals surface area contributed by atoms with Gasteiger partial charge in [-0.1, -0.05) is 153 Å². The van der Waals surface area contributed by atoms with Crippen LogP contribution < -0.4 is 15.5 Å². The first-order valence-electron chi connectivity index (χ1n) is 20.5. The molecule has 287 valence electrons. The molecule has 52 heavy (non-hydrogen) atoms. The molecule has 1 aliphatic rings. The van der Waals surface area contributed by atoms with Crippen LogP contribution in [0, 0.1) is 13.8 Å². The molecule has 0 atom stereocenters. The van der Waals surface area contributed by atoms with Gasteiger partial charge in [0, 0.05) is 36.3 Å². The van der Waals surface area contributed by atoms with Crippen LogP contribution in [-0.2, 0) is 6.54 Å². The summed E-state index contributed by atoms with van der Waals surface area (Å²) in [5.74, 6) is 1.72. The van der Waals surface area contributed by atoms with Gasteiger partial charge in [0.05, 0.1) is 5.52 Å². The Labute approximate surface area is 321 Å². The topological polar surface area (TPSA) is 53.1 Å². The fourth-order valence-corrected chi connectivity index (χ4v) is 6.67. The predicted octanol–water partition coefficient (Wildman–Crippen LogP) is 13.2. The standard InChI is InChI=1S/C40H61BN5.C2H6.2C2H4/c1-6-8-9-10-11-12-13-14-15-16-17-18-22-34(5)45-40(29-41-30-40)31-42-38-36-27-32(3)24-25-37(36)43-39(44-38)46(26-7-2)28-35-23-20-19-21-33(35)4;3*1-2/h19-21,23-25,27,45H,5-18,22,26,28-31H2,1-4H3,(H,42,43,44);1-2H3;2*1-2H2. The molecule has 2 N–H and O–H groups in total. The summed E-state index contributed by atoms with van der Waals surface area (Å²) in [4.78, 5) is 12.6. The Morgan fingerprint density at radius 1 is 0.788 bits per heavy atom. The molecule has 6 heteroatoms. The van der Waals surface area contributed by atoms with E-state index in [1.165, 1.54) is 99.4 Å². The Hall–Kier alpha value is -3.54. The van der Waals surface area contributed by atoms with Crippen LogP contribution in [0.4, 0.5) is 11.8 Å². The van der Waals surface area contributed by atoms with Gasteiger partial charge in [-0.25, -0.2) is 4.98 Å². The highest BCUT2D eigenvalue weighted by Gasteiger charge is 2.37. The summed E-state index contributed by atoms with van der Waals surface area (Å²) in [7, 11) is 2.38. The van der Waals surface area contributed by atoms with Gasteiger partial charge in [0.2, 0.25) is 5.95 Å². The van der Waals surface area contributed by atoms with Crippen molar-refractivity contribution in [1.82, 2.24) is 15.3 Å². The van der Waals surface area contributed by atoms with Crippen molar-refractivity contribution in [2.75, 3.05) is 23.3 Å². The third-order valence-electron chi connectivity index (χ3n) is 9.68. The van der Waals surface area contributed by atoms with Gasteiger partial charge in [-0.15, -0.1) is 26.3 Å². The van der Waals surface area contributed by atoms with Crippen LogP contribution in [-0.4, -0.2) is 35.9 Å². The quantitative estimate of drug-likeness (QED) is 0.0583. The average molecular weight is 709 g/mol. The summed E-state index contributed by atoms with van der Waals surface area (Å²) in [6.07, 6.45) is 20.7. The lowest BCUT2D eigenvalue weighted by molar-refractivity contribution is 0.405. The van der Waals surface area contributed by atoms with Crippen LogP contribution in [0.3, 0.4) is 0 Å². The molecule has 1 radical (unpaired) electrons. The fourth-order valence-electron chi connectivity index (χ4n) is 6.67. The van der Waals surface area contributed by atoms with Gasteiger partial charge in [0.15, 0.2) is 0 Å². The van der Waals surface area contributed by atoms with Crippen molar-refractivity contribution in [3.8, 4) is 0 Å². The normalized spacial score (nSPS) is 12.3. The zero-order chi connectivity index (χ0) is 38.6. The highest BCUT2D eigenvalue weighted by molar-refractivity contribution is 6.41. The van der Waals surface area contributed by atoms with Crippen LogP contribution in [0.15, 0.2) is 81.1 Å². The molecular weight excluding hydrogens is 633 g/mol. The molecule has 1 fully saturated rings. The van der Waals surface area contributed by atoms with Crippen molar-refractivity contribution in [3.63, 3.8) is 0 Å². The SMILES string of the molecule is C=C.C=C.C=C(CCCCCCCCCCCCCC)NC1(CNc2nc(N(CCC)Cc3ccccc3C)nc3ccc(C)cc23)C[B]C1.CC. The molecule has 1 aliphatic heterocycles. The summed E-state index contributed by atoms with van der Waals surface area (Å²) < 4.78 is 0. The summed E-state index contributed by atoms with van der Waals surface area (Å²) in [5, 5.41) is 8.73. The molecule has 2 aromatic carbocycles. The Morgan fingerprint density at radius 2 is 1.38 bits per heavy atom. The van der Waals surface area contributed by atoms with Gasteiger partial charge in [0.25, 0.3) is 0 Å². The lowest BCUT2D eigenvalue weighted by Crippen LogP contribution is -2.57. The fraction of sp³-hybridized carbons (Fsp3) is 0.565. The maximum absolute atomic E-state index is 5.18. The monoisotopic (exact) mass is 709 g/mol. The maximum Gasteiger partial charge on any atom is 0.228 e. The van der Waals surface area contributed by atoms with Gasteiger partial charge in [0.1, 0.15) is 13.1 Å². The molecular formula is C46H75BN5. The van der Waals surface area contributed by atoms with Crippen LogP contribution >= 0.6 is 0 Å². The van der Waals surface area contributed by atoms with Crippen molar-refractivity contribution in [1.29, 1.82) is 0 Å². The summed E-state index contributed by atoms with van der Waals surface area (Å²) in [6, 6.07) is 15.1. The number of aromatic nitrogens is 2. The van der Waals surface area contributed by atoms with Gasteiger partial charge in [-0.3, -0.25) is 0 Å². The van der Waals surface area contributed by atoms with E-state index in [0.29, 0.717) is 0 Å². The number of nitrogens with one attached hydrogen (secondary N) is 2. The van der Waals surface area contributed by atoms with Gasteiger partial charge in [-0.2, -0.15) is 4.98 Å². The molecule has 0 unspecified atom stereocenters. The van der Waals surface area contributed by atoms with E-state index in [4.69, 9.17) is 9.97 Å². The highest BCUT2D eigenvalue weighted by atomic mass is 15.3. The molecule has 1 saturated heterocycles. The van der Waals surface area contributed by atoms with E-state index in [1.54, 1.807) is 0 Å². The van der Waals surface area contributed by atoms with Crippen LogP contribution in [0.2, 0.25) is 12.6 Å². The predicted molar refractivity (Wildman–Crippen MR) is 235 cm³/mol. The number of nitrogens with zero attached hydrogens (tertiary/aromatic N) is 3. The molecule has 5 nitrogen and oxygen atoms in total. The first-order chi connectivity index (χ1) is 25.4. The van der Waals surface area contributed by atoms with Gasteiger partial charge < -0.3 is 15.5 Å². The molecule has 0 bridgehead atoms. The Balaban J connectivity index is 0.00000214. The van der Waals surface area contributed by atoms with Crippen molar-refractivity contribution in [2.24, 2.45) is 0 Å². The number of hydrogen-bond donors (Lipinski definition) is 2. The van der Waals surface area contributed by atoms with Crippen LogP contribution in [0.25, 0.3) is 10.9 Å². The minimum absolute atomic E-state index is 0.000268. The van der Waals surface area contributed by atoms with Crippen molar-refractivity contribution < 1.29 is 0 Å². The summed E-state index contributed by atoms with van der Waals surface area (Å²) in [6.45, 7) is 31.8. The smallest absolute Gasteiger partial charge is 0.228 e. The zero-order valence-electron chi connectivity index (χ0n) is 34.4.